The zero-order valence-corrected chi connectivity index (χ0v) is 13.7. The van der Waals surface area contributed by atoms with E-state index < -0.39 is 0 Å². The van der Waals surface area contributed by atoms with Crippen molar-refractivity contribution in [3.05, 3.63) is 48.0 Å². The summed E-state index contributed by atoms with van der Waals surface area (Å²) >= 11 is 0. The number of nitrogens with zero attached hydrogens (tertiary/aromatic N) is 1. The molecule has 1 saturated carbocycles. The second kappa shape index (κ2) is 5.97. The fourth-order valence-electron chi connectivity index (χ4n) is 4.03. The maximum atomic E-state index is 12.8. The van der Waals surface area contributed by atoms with Gasteiger partial charge >= 0.3 is 0 Å². The maximum Gasteiger partial charge on any atom is 0.226 e. The molecule has 0 aromatic heterocycles. The Kier molecular flexibility index (Phi) is 3.82. The number of amides is 1. The number of fused-ring (bicyclic) bond motifs is 1. The van der Waals surface area contributed by atoms with Crippen molar-refractivity contribution in [1.82, 2.24) is 10.2 Å². The predicted octanol–water partition coefficient (Wildman–Crippen LogP) is 3.15. The molecule has 2 fully saturated rings. The SMILES string of the molecule is CNC1CCCN(C(=O)C2CC2c2cccc3ccccc23)C1. The number of carbonyl (C=O) groups is 1. The lowest BCUT2D eigenvalue weighted by Crippen LogP contribution is -2.47. The van der Waals surface area contributed by atoms with Crippen molar-refractivity contribution < 1.29 is 4.79 Å². The van der Waals surface area contributed by atoms with Crippen LogP contribution in [0.25, 0.3) is 10.8 Å². The molecule has 120 valence electrons. The molecule has 3 atom stereocenters. The molecule has 3 nitrogen and oxygen atoms in total. The summed E-state index contributed by atoms with van der Waals surface area (Å²) in [5.41, 5.74) is 1.35. The van der Waals surface area contributed by atoms with Gasteiger partial charge in [-0.3, -0.25) is 4.79 Å². The molecule has 1 N–H and O–H groups in total. The van der Waals surface area contributed by atoms with Crippen LogP contribution in [-0.2, 0) is 4.79 Å². The third-order valence-electron chi connectivity index (χ3n) is 5.47. The van der Waals surface area contributed by atoms with E-state index in [1.807, 2.05) is 7.05 Å². The highest BCUT2D eigenvalue weighted by Crippen LogP contribution is 2.50. The second-order valence-electron chi connectivity index (χ2n) is 6.93. The summed E-state index contributed by atoms with van der Waals surface area (Å²) < 4.78 is 0. The molecular weight excluding hydrogens is 284 g/mol. The summed E-state index contributed by atoms with van der Waals surface area (Å²) in [5.74, 6) is 0.961. The summed E-state index contributed by atoms with van der Waals surface area (Å²) in [5, 5.41) is 5.90. The molecule has 4 rings (SSSR count). The minimum absolute atomic E-state index is 0.191. The van der Waals surface area contributed by atoms with Crippen LogP contribution in [0.3, 0.4) is 0 Å². The van der Waals surface area contributed by atoms with Gasteiger partial charge < -0.3 is 10.2 Å². The van der Waals surface area contributed by atoms with Crippen LogP contribution >= 0.6 is 0 Å². The van der Waals surface area contributed by atoms with E-state index in [4.69, 9.17) is 0 Å². The van der Waals surface area contributed by atoms with Crippen molar-refractivity contribution in [2.24, 2.45) is 5.92 Å². The average Bonchev–Trinajstić information content (AvgIpc) is 3.41. The zero-order chi connectivity index (χ0) is 15.8. The number of carbonyl (C=O) groups excluding carboxylic acids is 1. The van der Waals surface area contributed by atoms with Gasteiger partial charge in [-0.05, 0) is 48.6 Å². The van der Waals surface area contributed by atoms with E-state index in [0.717, 1.165) is 25.9 Å². The largest absolute Gasteiger partial charge is 0.341 e. The summed E-state index contributed by atoms with van der Waals surface area (Å²) in [6.45, 7) is 1.80. The summed E-state index contributed by atoms with van der Waals surface area (Å²) in [7, 11) is 1.99. The van der Waals surface area contributed by atoms with Crippen LogP contribution in [0, 0.1) is 5.92 Å². The van der Waals surface area contributed by atoms with E-state index >= 15 is 0 Å². The van der Waals surface area contributed by atoms with Crippen molar-refractivity contribution in [2.45, 2.75) is 31.2 Å². The Morgan fingerprint density at radius 1 is 1.17 bits per heavy atom. The first-order valence-corrected chi connectivity index (χ1v) is 8.71. The summed E-state index contributed by atoms with van der Waals surface area (Å²) in [6.07, 6.45) is 3.30. The number of nitrogens with one attached hydrogen (secondary N) is 1. The van der Waals surface area contributed by atoms with E-state index in [1.54, 1.807) is 0 Å². The number of likely N-dealkylation sites (N-methyl/N-ethyl adjacent to an activating group) is 1. The Bertz CT molecular complexity index is 721. The third kappa shape index (κ3) is 2.74. The van der Waals surface area contributed by atoms with Gasteiger partial charge in [-0.15, -0.1) is 0 Å². The van der Waals surface area contributed by atoms with Crippen LogP contribution in [0.15, 0.2) is 42.5 Å². The number of likely N-dealkylation sites (tertiary alicyclic amines) is 1. The van der Waals surface area contributed by atoms with Crippen molar-refractivity contribution in [3.63, 3.8) is 0 Å². The molecule has 1 aliphatic carbocycles. The van der Waals surface area contributed by atoms with Gasteiger partial charge in [0.15, 0.2) is 0 Å². The molecule has 0 bridgehead atoms. The fraction of sp³-hybridized carbons (Fsp3) is 0.450. The van der Waals surface area contributed by atoms with E-state index in [1.165, 1.54) is 22.8 Å². The predicted molar refractivity (Wildman–Crippen MR) is 93.5 cm³/mol. The van der Waals surface area contributed by atoms with Crippen LogP contribution in [0.2, 0.25) is 0 Å². The normalized spacial score (nSPS) is 27.2. The summed E-state index contributed by atoms with van der Waals surface area (Å²) in [4.78, 5) is 14.9. The second-order valence-corrected chi connectivity index (χ2v) is 6.93. The van der Waals surface area contributed by atoms with Crippen LogP contribution in [0.4, 0.5) is 0 Å². The Balaban J connectivity index is 1.52. The first-order chi connectivity index (χ1) is 11.3. The van der Waals surface area contributed by atoms with Gasteiger partial charge in [0.25, 0.3) is 0 Å². The molecule has 1 heterocycles. The quantitative estimate of drug-likeness (QED) is 0.944. The number of benzene rings is 2. The number of hydrogen-bond acceptors (Lipinski definition) is 2. The number of rotatable bonds is 3. The molecule has 2 aromatic carbocycles. The van der Waals surface area contributed by atoms with Gasteiger partial charge in [0, 0.05) is 25.0 Å². The molecule has 1 aliphatic heterocycles. The highest BCUT2D eigenvalue weighted by Gasteiger charge is 2.46. The van der Waals surface area contributed by atoms with Gasteiger partial charge in [-0.1, -0.05) is 42.5 Å². The molecule has 3 heteroatoms. The fourth-order valence-corrected chi connectivity index (χ4v) is 4.03. The van der Waals surface area contributed by atoms with Gasteiger partial charge in [-0.2, -0.15) is 0 Å². The van der Waals surface area contributed by atoms with Gasteiger partial charge in [0.1, 0.15) is 0 Å². The Morgan fingerprint density at radius 2 is 2.00 bits per heavy atom. The first kappa shape index (κ1) is 14.7. The lowest BCUT2D eigenvalue weighted by Gasteiger charge is -2.32. The van der Waals surface area contributed by atoms with Gasteiger partial charge in [-0.25, -0.2) is 0 Å². The van der Waals surface area contributed by atoms with Crippen molar-refractivity contribution in [2.75, 3.05) is 20.1 Å². The molecule has 2 aromatic rings. The van der Waals surface area contributed by atoms with Crippen molar-refractivity contribution in [3.8, 4) is 0 Å². The van der Waals surface area contributed by atoms with E-state index in [0.29, 0.717) is 17.9 Å². The average molecular weight is 308 g/mol. The number of hydrogen-bond donors (Lipinski definition) is 1. The number of piperidine rings is 1. The molecular formula is C20H24N2O. The van der Waals surface area contributed by atoms with Crippen molar-refractivity contribution in [1.29, 1.82) is 0 Å². The maximum absolute atomic E-state index is 12.8. The molecule has 2 aliphatic rings. The molecule has 0 spiro atoms. The Hall–Kier alpha value is -1.87. The van der Waals surface area contributed by atoms with Crippen LogP contribution < -0.4 is 5.32 Å². The van der Waals surface area contributed by atoms with Gasteiger partial charge in [0.05, 0.1) is 0 Å². The zero-order valence-electron chi connectivity index (χ0n) is 13.7. The molecule has 3 unspecified atom stereocenters. The lowest BCUT2D eigenvalue weighted by atomic mass is 9.99. The molecule has 23 heavy (non-hydrogen) atoms. The molecule has 0 radical (unpaired) electrons. The van der Waals surface area contributed by atoms with E-state index in [-0.39, 0.29) is 5.92 Å². The van der Waals surface area contributed by atoms with Crippen LogP contribution in [0.5, 0.6) is 0 Å². The lowest BCUT2D eigenvalue weighted by molar-refractivity contribution is -0.134. The standard InChI is InChI=1S/C20H24N2O/c1-21-15-8-5-11-22(13-15)20(23)19-12-18(19)17-10-4-7-14-6-2-3-9-16(14)17/h2-4,6-7,9-10,15,18-19,21H,5,8,11-13H2,1H3. The summed E-state index contributed by atoms with van der Waals surface area (Å²) in [6, 6.07) is 15.4. The topological polar surface area (TPSA) is 32.3 Å². The molecule has 1 saturated heterocycles. The van der Waals surface area contributed by atoms with Crippen LogP contribution in [-0.4, -0.2) is 37.0 Å². The highest BCUT2D eigenvalue weighted by atomic mass is 16.2. The van der Waals surface area contributed by atoms with E-state index in [2.05, 4.69) is 52.7 Å². The third-order valence-corrected chi connectivity index (χ3v) is 5.47. The highest BCUT2D eigenvalue weighted by molar-refractivity contribution is 5.89. The van der Waals surface area contributed by atoms with E-state index in [9.17, 15) is 4.79 Å². The monoisotopic (exact) mass is 308 g/mol. The van der Waals surface area contributed by atoms with Crippen molar-refractivity contribution >= 4 is 16.7 Å². The first-order valence-electron chi connectivity index (χ1n) is 8.71. The van der Waals surface area contributed by atoms with Crippen LogP contribution in [0.1, 0.15) is 30.7 Å². The minimum Gasteiger partial charge on any atom is -0.341 e. The minimum atomic E-state index is 0.191. The smallest absolute Gasteiger partial charge is 0.226 e. The Morgan fingerprint density at radius 3 is 2.87 bits per heavy atom. The van der Waals surface area contributed by atoms with Gasteiger partial charge in [0.2, 0.25) is 5.91 Å². The Labute approximate surface area is 137 Å². The molecule has 1 amide bonds.